The first kappa shape index (κ1) is 16.1. The topological polar surface area (TPSA) is 12.0 Å². The highest BCUT2D eigenvalue weighted by atomic mass is 32.2. The quantitative estimate of drug-likeness (QED) is 0.745. The van der Waals surface area contributed by atoms with Crippen LogP contribution >= 0.6 is 11.8 Å². The standard InChI is InChI=1S/C19H25NS/c1-14(2)20-12-17-9-10-19(11-16(17)4)21-13-18-8-6-5-7-15(18)3/h5-11,14,20H,12-13H2,1-4H3. The fourth-order valence-corrected chi connectivity index (χ4v) is 3.27. The van der Waals surface area contributed by atoms with E-state index in [0.29, 0.717) is 6.04 Å². The highest BCUT2D eigenvalue weighted by Gasteiger charge is 2.03. The van der Waals surface area contributed by atoms with E-state index < -0.39 is 0 Å². The van der Waals surface area contributed by atoms with E-state index in [2.05, 4.69) is 75.5 Å². The normalized spacial score (nSPS) is 11.1. The summed E-state index contributed by atoms with van der Waals surface area (Å²) in [7, 11) is 0. The highest BCUT2D eigenvalue weighted by Crippen LogP contribution is 2.26. The predicted octanol–water partition coefficient (Wildman–Crippen LogP) is 5.09. The van der Waals surface area contributed by atoms with Crippen molar-refractivity contribution in [3.63, 3.8) is 0 Å². The lowest BCUT2D eigenvalue weighted by Crippen LogP contribution is -2.22. The summed E-state index contributed by atoms with van der Waals surface area (Å²) >= 11 is 1.91. The second-order valence-corrected chi connectivity index (χ2v) is 6.89. The fraction of sp³-hybridized carbons (Fsp3) is 0.368. The minimum absolute atomic E-state index is 0.527. The Morgan fingerprint density at radius 3 is 2.38 bits per heavy atom. The molecule has 2 aromatic carbocycles. The van der Waals surface area contributed by atoms with Crippen LogP contribution in [0.25, 0.3) is 0 Å². The molecule has 0 atom stereocenters. The van der Waals surface area contributed by atoms with Crippen molar-refractivity contribution in [2.24, 2.45) is 0 Å². The SMILES string of the molecule is Cc1cc(SCc2ccccc2C)ccc1CNC(C)C. The summed E-state index contributed by atoms with van der Waals surface area (Å²) in [6.45, 7) is 9.70. The molecule has 0 aliphatic heterocycles. The molecule has 0 aliphatic carbocycles. The first-order chi connectivity index (χ1) is 10.1. The zero-order chi connectivity index (χ0) is 15.2. The van der Waals surface area contributed by atoms with E-state index in [4.69, 9.17) is 0 Å². The zero-order valence-corrected chi connectivity index (χ0v) is 14.3. The molecular weight excluding hydrogens is 274 g/mol. The molecule has 2 rings (SSSR count). The molecule has 0 aromatic heterocycles. The molecule has 1 N–H and O–H groups in total. The molecule has 0 aliphatic rings. The lowest BCUT2D eigenvalue weighted by Gasteiger charge is -2.12. The Balaban J connectivity index is 1.99. The molecule has 0 heterocycles. The summed E-state index contributed by atoms with van der Waals surface area (Å²) in [4.78, 5) is 1.35. The maximum Gasteiger partial charge on any atom is 0.0234 e. The van der Waals surface area contributed by atoms with Crippen molar-refractivity contribution < 1.29 is 0 Å². The summed E-state index contributed by atoms with van der Waals surface area (Å²) in [5.74, 6) is 1.04. The third kappa shape index (κ3) is 4.90. The fourth-order valence-electron chi connectivity index (χ4n) is 2.20. The molecule has 21 heavy (non-hydrogen) atoms. The van der Waals surface area contributed by atoms with Crippen LogP contribution in [0.3, 0.4) is 0 Å². The summed E-state index contributed by atoms with van der Waals surface area (Å²) in [5.41, 5.74) is 5.56. The van der Waals surface area contributed by atoms with Crippen LogP contribution in [-0.4, -0.2) is 6.04 Å². The monoisotopic (exact) mass is 299 g/mol. The molecule has 0 saturated heterocycles. The molecule has 2 heteroatoms. The Hall–Kier alpha value is -1.25. The Bertz CT molecular complexity index is 590. The van der Waals surface area contributed by atoms with Crippen molar-refractivity contribution >= 4 is 11.8 Å². The Labute approximate surface area is 133 Å². The van der Waals surface area contributed by atoms with Gasteiger partial charge in [-0.1, -0.05) is 44.2 Å². The van der Waals surface area contributed by atoms with Crippen LogP contribution in [0.4, 0.5) is 0 Å². The Kier molecular flexibility index (Phi) is 5.89. The molecule has 1 nitrogen and oxygen atoms in total. The van der Waals surface area contributed by atoms with Gasteiger partial charge in [0.2, 0.25) is 0 Å². The van der Waals surface area contributed by atoms with E-state index in [1.807, 2.05) is 11.8 Å². The second-order valence-electron chi connectivity index (χ2n) is 5.84. The minimum Gasteiger partial charge on any atom is -0.310 e. The summed E-state index contributed by atoms with van der Waals surface area (Å²) < 4.78 is 0. The number of rotatable bonds is 6. The predicted molar refractivity (Wildman–Crippen MR) is 93.9 cm³/mol. The lowest BCUT2D eigenvalue weighted by atomic mass is 10.1. The molecule has 0 fully saturated rings. The van der Waals surface area contributed by atoms with Gasteiger partial charge in [0.05, 0.1) is 0 Å². The van der Waals surface area contributed by atoms with Crippen molar-refractivity contribution in [2.75, 3.05) is 0 Å². The van der Waals surface area contributed by atoms with Crippen molar-refractivity contribution in [3.05, 3.63) is 64.7 Å². The minimum atomic E-state index is 0.527. The summed E-state index contributed by atoms with van der Waals surface area (Å²) in [6, 6.07) is 16.0. The van der Waals surface area contributed by atoms with E-state index >= 15 is 0 Å². The van der Waals surface area contributed by atoms with Gasteiger partial charge in [0.25, 0.3) is 0 Å². The first-order valence-electron chi connectivity index (χ1n) is 7.56. The number of hydrogen-bond acceptors (Lipinski definition) is 2. The van der Waals surface area contributed by atoms with Gasteiger partial charge in [0.1, 0.15) is 0 Å². The number of aryl methyl sites for hydroxylation is 2. The van der Waals surface area contributed by atoms with Crippen molar-refractivity contribution in [1.29, 1.82) is 0 Å². The van der Waals surface area contributed by atoms with Crippen molar-refractivity contribution in [2.45, 2.75) is 50.9 Å². The molecule has 2 aromatic rings. The first-order valence-corrected chi connectivity index (χ1v) is 8.55. The number of thioether (sulfide) groups is 1. The van der Waals surface area contributed by atoms with Gasteiger partial charge in [-0.15, -0.1) is 11.8 Å². The van der Waals surface area contributed by atoms with Gasteiger partial charge in [-0.05, 0) is 48.2 Å². The molecule has 0 radical (unpaired) electrons. The molecule has 112 valence electrons. The van der Waals surface area contributed by atoms with E-state index in [-0.39, 0.29) is 0 Å². The molecule has 0 unspecified atom stereocenters. The Morgan fingerprint density at radius 1 is 0.952 bits per heavy atom. The summed E-state index contributed by atoms with van der Waals surface area (Å²) in [6.07, 6.45) is 0. The third-order valence-electron chi connectivity index (χ3n) is 3.67. The molecule has 0 bridgehead atoms. The molecule has 0 spiro atoms. The van der Waals surface area contributed by atoms with Crippen LogP contribution in [0.15, 0.2) is 47.4 Å². The third-order valence-corrected chi connectivity index (χ3v) is 4.71. The van der Waals surface area contributed by atoms with Gasteiger partial charge < -0.3 is 5.32 Å². The van der Waals surface area contributed by atoms with E-state index in [9.17, 15) is 0 Å². The van der Waals surface area contributed by atoms with Gasteiger partial charge in [-0.25, -0.2) is 0 Å². The van der Waals surface area contributed by atoms with Gasteiger partial charge in [-0.2, -0.15) is 0 Å². The van der Waals surface area contributed by atoms with Gasteiger partial charge in [0.15, 0.2) is 0 Å². The van der Waals surface area contributed by atoms with Crippen LogP contribution in [0.2, 0.25) is 0 Å². The van der Waals surface area contributed by atoms with Crippen molar-refractivity contribution in [1.82, 2.24) is 5.32 Å². The van der Waals surface area contributed by atoms with Crippen LogP contribution in [-0.2, 0) is 12.3 Å². The number of nitrogens with one attached hydrogen (secondary N) is 1. The smallest absolute Gasteiger partial charge is 0.0234 e. The second kappa shape index (κ2) is 7.67. The lowest BCUT2D eigenvalue weighted by molar-refractivity contribution is 0.587. The average molecular weight is 299 g/mol. The zero-order valence-electron chi connectivity index (χ0n) is 13.4. The molecular formula is C19H25NS. The number of benzene rings is 2. The van der Waals surface area contributed by atoms with Crippen LogP contribution < -0.4 is 5.32 Å². The van der Waals surface area contributed by atoms with Crippen LogP contribution in [0.5, 0.6) is 0 Å². The Morgan fingerprint density at radius 2 is 1.71 bits per heavy atom. The van der Waals surface area contributed by atoms with E-state index in [1.165, 1.54) is 27.1 Å². The largest absolute Gasteiger partial charge is 0.310 e. The van der Waals surface area contributed by atoms with Gasteiger partial charge in [-0.3, -0.25) is 0 Å². The summed E-state index contributed by atoms with van der Waals surface area (Å²) in [5, 5.41) is 3.48. The van der Waals surface area contributed by atoms with Gasteiger partial charge in [0, 0.05) is 23.2 Å². The van der Waals surface area contributed by atoms with Crippen LogP contribution in [0.1, 0.15) is 36.1 Å². The maximum absolute atomic E-state index is 3.48. The van der Waals surface area contributed by atoms with E-state index in [1.54, 1.807) is 0 Å². The van der Waals surface area contributed by atoms with E-state index in [0.717, 1.165) is 12.3 Å². The molecule has 0 amide bonds. The average Bonchev–Trinajstić information content (AvgIpc) is 2.45. The molecule has 0 saturated carbocycles. The maximum atomic E-state index is 3.48. The highest BCUT2D eigenvalue weighted by molar-refractivity contribution is 7.98. The number of hydrogen-bond donors (Lipinski definition) is 1. The van der Waals surface area contributed by atoms with Crippen LogP contribution in [0, 0.1) is 13.8 Å². The van der Waals surface area contributed by atoms with Crippen molar-refractivity contribution in [3.8, 4) is 0 Å². The van der Waals surface area contributed by atoms with Gasteiger partial charge >= 0.3 is 0 Å².